The summed E-state index contributed by atoms with van der Waals surface area (Å²) in [5.74, 6) is 0.129. The van der Waals surface area contributed by atoms with Gasteiger partial charge >= 0.3 is 0 Å². The number of amides is 1. The molecule has 2 N–H and O–H groups in total. The van der Waals surface area contributed by atoms with Crippen LogP contribution in [0.15, 0.2) is 29.6 Å². The third kappa shape index (κ3) is 2.47. The van der Waals surface area contributed by atoms with Gasteiger partial charge in [-0.3, -0.25) is 4.79 Å². The van der Waals surface area contributed by atoms with Crippen LogP contribution in [0.2, 0.25) is 0 Å². The van der Waals surface area contributed by atoms with Crippen LogP contribution < -0.4 is 5.32 Å². The molecule has 88 valence electrons. The SMILES string of the molecule is Cc1cc(NC(=O)c2cccs2)c(C)cc1O. The molecule has 4 heteroatoms. The van der Waals surface area contributed by atoms with Gasteiger partial charge in [-0.05, 0) is 48.6 Å². The number of phenolic OH excluding ortho intramolecular Hbond substituents is 1. The van der Waals surface area contributed by atoms with Crippen LogP contribution in [-0.4, -0.2) is 11.0 Å². The summed E-state index contributed by atoms with van der Waals surface area (Å²) in [6.45, 7) is 3.65. The maximum Gasteiger partial charge on any atom is 0.265 e. The number of thiophene rings is 1. The van der Waals surface area contributed by atoms with Crippen molar-refractivity contribution < 1.29 is 9.90 Å². The lowest BCUT2D eigenvalue weighted by atomic mass is 10.1. The normalized spacial score (nSPS) is 10.2. The molecule has 0 radical (unpaired) electrons. The number of hydrogen-bond donors (Lipinski definition) is 2. The van der Waals surface area contributed by atoms with Crippen molar-refractivity contribution in [3.63, 3.8) is 0 Å². The first kappa shape index (κ1) is 11.7. The highest BCUT2D eigenvalue weighted by atomic mass is 32.1. The fourth-order valence-corrected chi connectivity index (χ4v) is 2.15. The molecule has 2 rings (SSSR count). The largest absolute Gasteiger partial charge is 0.508 e. The van der Waals surface area contributed by atoms with Crippen molar-refractivity contribution in [2.45, 2.75) is 13.8 Å². The van der Waals surface area contributed by atoms with Crippen molar-refractivity contribution in [1.82, 2.24) is 0 Å². The van der Waals surface area contributed by atoms with Crippen molar-refractivity contribution in [2.24, 2.45) is 0 Å². The lowest BCUT2D eigenvalue weighted by Gasteiger charge is -2.09. The average molecular weight is 247 g/mol. The third-order valence-electron chi connectivity index (χ3n) is 2.54. The summed E-state index contributed by atoms with van der Waals surface area (Å²) in [5.41, 5.74) is 2.33. The van der Waals surface area contributed by atoms with Crippen molar-refractivity contribution in [1.29, 1.82) is 0 Å². The summed E-state index contributed by atoms with van der Waals surface area (Å²) in [7, 11) is 0. The maximum atomic E-state index is 11.9. The Morgan fingerprint density at radius 2 is 2.06 bits per heavy atom. The number of phenols is 1. The van der Waals surface area contributed by atoms with E-state index in [0.29, 0.717) is 4.88 Å². The molecule has 0 atom stereocenters. The first-order valence-electron chi connectivity index (χ1n) is 5.23. The molecule has 1 aromatic carbocycles. The Morgan fingerprint density at radius 3 is 2.71 bits per heavy atom. The smallest absolute Gasteiger partial charge is 0.265 e. The van der Waals surface area contributed by atoms with Gasteiger partial charge < -0.3 is 10.4 Å². The van der Waals surface area contributed by atoms with Gasteiger partial charge in [-0.2, -0.15) is 0 Å². The van der Waals surface area contributed by atoms with E-state index in [-0.39, 0.29) is 11.7 Å². The quantitative estimate of drug-likeness (QED) is 0.800. The molecule has 0 aliphatic rings. The number of aryl methyl sites for hydroxylation is 2. The van der Waals surface area contributed by atoms with E-state index in [2.05, 4.69) is 5.32 Å². The molecule has 0 aliphatic carbocycles. The van der Waals surface area contributed by atoms with Crippen LogP contribution in [0.25, 0.3) is 0 Å². The van der Waals surface area contributed by atoms with E-state index in [1.807, 2.05) is 18.4 Å². The van der Waals surface area contributed by atoms with E-state index >= 15 is 0 Å². The minimum Gasteiger partial charge on any atom is -0.508 e. The molecule has 0 saturated carbocycles. The second-order valence-corrected chi connectivity index (χ2v) is 4.83. The summed E-state index contributed by atoms with van der Waals surface area (Å²) in [5, 5.41) is 14.2. The van der Waals surface area contributed by atoms with Gasteiger partial charge in [0.1, 0.15) is 5.75 Å². The number of benzene rings is 1. The van der Waals surface area contributed by atoms with Gasteiger partial charge in [-0.15, -0.1) is 11.3 Å². The molecule has 0 saturated heterocycles. The maximum absolute atomic E-state index is 11.9. The van der Waals surface area contributed by atoms with Gasteiger partial charge in [-0.1, -0.05) is 6.07 Å². The molecular formula is C13H13NO2S. The van der Waals surface area contributed by atoms with Crippen molar-refractivity contribution in [3.05, 3.63) is 45.6 Å². The van der Waals surface area contributed by atoms with E-state index in [9.17, 15) is 9.90 Å². The molecule has 0 bridgehead atoms. The zero-order chi connectivity index (χ0) is 12.4. The summed E-state index contributed by atoms with van der Waals surface area (Å²) in [6, 6.07) is 7.05. The Labute approximate surface area is 104 Å². The Kier molecular flexibility index (Phi) is 3.15. The molecule has 2 aromatic rings. The second-order valence-electron chi connectivity index (χ2n) is 3.89. The summed E-state index contributed by atoms with van der Waals surface area (Å²) in [6.07, 6.45) is 0. The molecular weight excluding hydrogens is 234 g/mol. The highest BCUT2D eigenvalue weighted by molar-refractivity contribution is 7.12. The van der Waals surface area contributed by atoms with E-state index in [4.69, 9.17) is 0 Å². The van der Waals surface area contributed by atoms with Gasteiger partial charge in [-0.25, -0.2) is 0 Å². The minimum absolute atomic E-state index is 0.117. The summed E-state index contributed by atoms with van der Waals surface area (Å²) < 4.78 is 0. The summed E-state index contributed by atoms with van der Waals surface area (Å²) >= 11 is 1.40. The van der Waals surface area contributed by atoms with Crippen molar-refractivity contribution >= 4 is 22.9 Å². The minimum atomic E-state index is -0.117. The average Bonchev–Trinajstić information content (AvgIpc) is 2.79. The number of carbonyl (C=O) groups is 1. The van der Waals surface area contributed by atoms with Crippen molar-refractivity contribution in [2.75, 3.05) is 5.32 Å². The van der Waals surface area contributed by atoms with Gasteiger partial charge in [0.2, 0.25) is 0 Å². The molecule has 1 aromatic heterocycles. The van der Waals surface area contributed by atoms with Crippen LogP contribution in [0, 0.1) is 13.8 Å². The van der Waals surface area contributed by atoms with E-state index in [1.165, 1.54) is 11.3 Å². The first-order valence-corrected chi connectivity index (χ1v) is 6.11. The Morgan fingerprint density at radius 1 is 1.29 bits per heavy atom. The Bertz CT molecular complexity index is 547. The zero-order valence-electron chi connectivity index (χ0n) is 9.65. The Balaban J connectivity index is 2.25. The van der Waals surface area contributed by atoms with Gasteiger partial charge in [0.05, 0.1) is 4.88 Å². The van der Waals surface area contributed by atoms with Crippen LogP contribution in [0.4, 0.5) is 5.69 Å². The Hall–Kier alpha value is -1.81. The van der Waals surface area contributed by atoms with Crippen LogP contribution in [0.5, 0.6) is 5.75 Å². The molecule has 3 nitrogen and oxygen atoms in total. The predicted molar refractivity (Wildman–Crippen MR) is 69.9 cm³/mol. The van der Waals surface area contributed by atoms with E-state index in [0.717, 1.165) is 16.8 Å². The van der Waals surface area contributed by atoms with E-state index in [1.54, 1.807) is 25.1 Å². The number of anilines is 1. The fourth-order valence-electron chi connectivity index (χ4n) is 1.53. The highest BCUT2D eigenvalue weighted by Crippen LogP contribution is 2.25. The first-order chi connectivity index (χ1) is 8.08. The predicted octanol–water partition coefficient (Wildman–Crippen LogP) is 3.32. The fraction of sp³-hybridized carbons (Fsp3) is 0.154. The molecule has 17 heavy (non-hydrogen) atoms. The molecule has 0 fully saturated rings. The third-order valence-corrected chi connectivity index (χ3v) is 3.40. The van der Waals surface area contributed by atoms with Gasteiger partial charge in [0.15, 0.2) is 0 Å². The standard InChI is InChI=1S/C13H13NO2S/c1-8-7-11(15)9(2)6-10(8)14-13(16)12-4-3-5-17-12/h3-7,15H,1-2H3,(H,14,16). The highest BCUT2D eigenvalue weighted by Gasteiger charge is 2.09. The van der Waals surface area contributed by atoms with Crippen LogP contribution >= 0.6 is 11.3 Å². The number of hydrogen-bond acceptors (Lipinski definition) is 3. The second kappa shape index (κ2) is 4.59. The van der Waals surface area contributed by atoms with Gasteiger partial charge in [0.25, 0.3) is 5.91 Å². The van der Waals surface area contributed by atoms with Crippen LogP contribution in [0.3, 0.4) is 0 Å². The number of rotatable bonds is 2. The molecule has 1 amide bonds. The van der Waals surface area contributed by atoms with Crippen LogP contribution in [-0.2, 0) is 0 Å². The van der Waals surface area contributed by atoms with Gasteiger partial charge in [0, 0.05) is 5.69 Å². The lowest BCUT2D eigenvalue weighted by molar-refractivity contribution is 0.103. The number of carbonyl (C=O) groups excluding carboxylic acids is 1. The summed E-state index contributed by atoms with van der Waals surface area (Å²) in [4.78, 5) is 12.5. The lowest BCUT2D eigenvalue weighted by Crippen LogP contribution is -2.11. The molecule has 0 aliphatic heterocycles. The molecule has 0 spiro atoms. The monoisotopic (exact) mass is 247 g/mol. The topological polar surface area (TPSA) is 49.3 Å². The number of nitrogens with one attached hydrogen (secondary N) is 1. The van der Waals surface area contributed by atoms with Crippen LogP contribution in [0.1, 0.15) is 20.8 Å². The van der Waals surface area contributed by atoms with E-state index < -0.39 is 0 Å². The zero-order valence-corrected chi connectivity index (χ0v) is 10.5. The number of aromatic hydroxyl groups is 1. The molecule has 0 unspecified atom stereocenters. The molecule has 1 heterocycles. The van der Waals surface area contributed by atoms with Crippen molar-refractivity contribution in [3.8, 4) is 5.75 Å².